The van der Waals surface area contributed by atoms with Gasteiger partial charge in [-0.3, -0.25) is 14.5 Å². The van der Waals surface area contributed by atoms with Gasteiger partial charge in [-0.1, -0.05) is 6.07 Å². The number of amides is 1. The number of carboxylic acids is 1. The minimum absolute atomic E-state index is 0.250. The number of carbonyl (C=O) groups is 2. The van der Waals surface area contributed by atoms with Crippen LogP contribution in [0.2, 0.25) is 0 Å². The zero-order valence-electron chi connectivity index (χ0n) is 14.0. The summed E-state index contributed by atoms with van der Waals surface area (Å²) in [5.74, 6) is -2.60. The third kappa shape index (κ3) is 3.76. The molecule has 1 aromatic rings. The zero-order chi connectivity index (χ0) is 18.0. The van der Waals surface area contributed by atoms with Gasteiger partial charge in [0.05, 0.1) is 5.92 Å². The Morgan fingerprint density at radius 3 is 2.48 bits per heavy atom. The Hall–Kier alpha value is -2.15. The van der Waals surface area contributed by atoms with E-state index in [2.05, 4.69) is 4.90 Å². The maximum atomic E-state index is 13.9. The monoisotopic (exact) mass is 350 g/mol. The Morgan fingerprint density at radius 1 is 1.12 bits per heavy atom. The van der Waals surface area contributed by atoms with E-state index in [0.29, 0.717) is 19.6 Å². The van der Waals surface area contributed by atoms with Gasteiger partial charge in [-0.05, 0) is 44.4 Å². The summed E-state index contributed by atoms with van der Waals surface area (Å²) in [6, 6.07) is 4.09. The van der Waals surface area contributed by atoms with Crippen LogP contribution in [-0.2, 0) is 4.79 Å². The second-order valence-corrected chi connectivity index (χ2v) is 6.83. The number of aliphatic carboxylic acids is 1. The molecular weight excluding hydrogens is 327 g/mol. The molecule has 2 aliphatic rings. The smallest absolute Gasteiger partial charge is 0.307 e. The van der Waals surface area contributed by atoms with Crippen molar-refractivity contribution in [2.24, 2.45) is 5.92 Å². The molecule has 136 valence electrons. The van der Waals surface area contributed by atoms with Gasteiger partial charge in [-0.2, -0.15) is 0 Å². The fourth-order valence-electron chi connectivity index (χ4n) is 3.86. The van der Waals surface area contributed by atoms with Crippen LogP contribution in [0.4, 0.5) is 4.39 Å². The average molecular weight is 350 g/mol. The van der Waals surface area contributed by atoms with Gasteiger partial charge >= 0.3 is 5.97 Å². The molecule has 0 radical (unpaired) electrons. The van der Waals surface area contributed by atoms with Gasteiger partial charge in [-0.15, -0.1) is 0 Å². The van der Waals surface area contributed by atoms with Gasteiger partial charge < -0.3 is 15.1 Å². The van der Waals surface area contributed by atoms with Crippen LogP contribution in [0, 0.1) is 11.7 Å². The molecule has 25 heavy (non-hydrogen) atoms. The van der Waals surface area contributed by atoms with Gasteiger partial charge in [0.15, 0.2) is 0 Å². The highest BCUT2D eigenvalue weighted by molar-refractivity contribution is 5.97. The van der Waals surface area contributed by atoms with E-state index in [1.165, 1.54) is 18.2 Å². The molecule has 3 rings (SSSR count). The van der Waals surface area contributed by atoms with Crippen molar-refractivity contribution >= 4 is 11.9 Å². The van der Waals surface area contributed by atoms with Crippen molar-refractivity contribution < 1.29 is 24.2 Å². The SMILES string of the molecule is O=C(O)[C@H]1CCCN(C2CCN(C(=O)c3c(O)cccc3F)CC2)C1. The lowest BCUT2D eigenvalue weighted by atomic mass is 9.94. The molecule has 6 nitrogen and oxygen atoms in total. The second kappa shape index (κ2) is 7.39. The number of halogens is 1. The summed E-state index contributed by atoms with van der Waals surface area (Å²) in [7, 11) is 0. The third-order valence-corrected chi connectivity index (χ3v) is 5.28. The Labute approximate surface area is 145 Å². The van der Waals surface area contributed by atoms with Crippen molar-refractivity contribution in [2.75, 3.05) is 26.2 Å². The molecule has 0 unspecified atom stereocenters. The molecule has 2 heterocycles. The molecule has 0 aromatic heterocycles. The topological polar surface area (TPSA) is 81.1 Å². The summed E-state index contributed by atoms with van der Waals surface area (Å²) in [6.07, 6.45) is 3.05. The summed E-state index contributed by atoms with van der Waals surface area (Å²) < 4.78 is 13.9. The first-order chi connectivity index (χ1) is 12.0. The molecule has 7 heteroatoms. The summed E-state index contributed by atoms with van der Waals surface area (Å²) in [6.45, 7) is 2.40. The van der Waals surface area contributed by atoms with Crippen LogP contribution in [0.1, 0.15) is 36.0 Å². The summed E-state index contributed by atoms with van der Waals surface area (Å²) in [5, 5.41) is 19.0. The van der Waals surface area contributed by atoms with E-state index >= 15 is 0 Å². The fourth-order valence-corrected chi connectivity index (χ4v) is 3.86. The lowest BCUT2D eigenvalue weighted by Crippen LogP contribution is -2.50. The van der Waals surface area contributed by atoms with Crippen molar-refractivity contribution in [1.29, 1.82) is 0 Å². The number of phenolic OH excluding ortho intramolecular Hbond substituents is 1. The molecule has 0 bridgehead atoms. The number of likely N-dealkylation sites (tertiary alicyclic amines) is 2. The Kier molecular flexibility index (Phi) is 5.22. The Bertz CT molecular complexity index is 638. The van der Waals surface area contributed by atoms with E-state index in [4.69, 9.17) is 0 Å². The first-order valence-corrected chi connectivity index (χ1v) is 8.71. The number of carboxylic acid groups (broad SMARTS) is 1. The number of hydrogen-bond donors (Lipinski definition) is 2. The van der Waals surface area contributed by atoms with E-state index in [1.807, 2.05) is 0 Å². The number of aromatic hydroxyl groups is 1. The van der Waals surface area contributed by atoms with Gasteiger partial charge in [0.1, 0.15) is 17.1 Å². The maximum Gasteiger partial charge on any atom is 0.307 e. The normalized spacial score (nSPS) is 22.8. The minimum Gasteiger partial charge on any atom is -0.507 e. The summed E-state index contributed by atoms with van der Waals surface area (Å²) in [4.78, 5) is 27.5. The largest absolute Gasteiger partial charge is 0.507 e. The van der Waals surface area contributed by atoms with Gasteiger partial charge in [-0.25, -0.2) is 4.39 Å². The zero-order valence-corrected chi connectivity index (χ0v) is 14.0. The highest BCUT2D eigenvalue weighted by Gasteiger charge is 2.33. The van der Waals surface area contributed by atoms with Crippen LogP contribution in [0.5, 0.6) is 5.75 Å². The predicted octanol–water partition coefficient (Wildman–Crippen LogP) is 1.93. The van der Waals surface area contributed by atoms with Crippen LogP contribution in [0.15, 0.2) is 18.2 Å². The van der Waals surface area contributed by atoms with Crippen molar-refractivity contribution in [3.8, 4) is 5.75 Å². The summed E-state index contributed by atoms with van der Waals surface area (Å²) in [5.41, 5.74) is -0.273. The van der Waals surface area contributed by atoms with E-state index in [1.54, 1.807) is 4.90 Å². The lowest BCUT2D eigenvalue weighted by molar-refractivity contribution is -0.144. The molecule has 1 atom stereocenters. The number of carbonyl (C=O) groups excluding carboxylic acids is 1. The number of phenols is 1. The molecule has 2 N–H and O–H groups in total. The van der Waals surface area contributed by atoms with Crippen molar-refractivity contribution in [2.45, 2.75) is 31.7 Å². The first-order valence-electron chi connectivity index (χ1n) is 8.71. The van der Waals surface area contributed by atoms with Gasteiger partial charge in [0.2, 0.25) is 0 Å². The highest BCUT2D eigenvalue weighted by atomic mass is 19.1. The van der Waals surface area contributed by atoms with Crippen molar-refractivity contribution in [3.63, 3.8) is 0 Å². The second-order valence-electron chi connectivity index (χ2n) is 6.83. The Morgan fingerprint density at radius 2 is 1.84 bits per heavy atom. The number of piperidine rings is 2. The predicted molar refractivity (Wildman–Crippen MR) is 88.9 cm³/mol. The van der Waals surface area contributed by atoms with Crippen LogP contribution in [-0.4, -0.2) is 64.1 Å². The van der Waals surface area contributed by atoms with Crippen LogP contribution >= 0.6 is 0 Å². The Balaban J connectivity index is 1.60. The van der Waals surface area contributed by atoms with Crippen molar-refractivity contribution in [3.05, 3.63) is 29.6 Å². The molecule has 1 aromatic carbocycles. The molecule has 2 aliphatic heterocycles. The quantitative estimate of drug-likeness (QED) is 0.871. The number of hydrogen-bond acceptors (Lipinski definition) is 4. The highest BCUT2D eigenvalue weighted by Crippen LogP contribution is 2.27. The molecule has 0 saturated carbocycles. The van der Waals surface area contributed by atoms with E-state index in [0.717, 1.165) is 32.2 Å². The molecule has 0 spiro atoms. The fraction of sp³-hybridized carbons (Fsp3) is 0.556. The summed E-state index contributed by atoms with van der Waals surface area (Å²) >= 11 is 0. The maximum absolute atomic E-state index is 13.9. The molecule has 2 saturated heterocycles. The van der Waals surface area contributed by atoms with Crippen LogP contribution < -0.4 is 0 Å². The average Bonchev–Trinajstić information content (AvgIpc) is 2.61. The number of nitrogens with zero attached hydrogens (tertiary/aromatic N) is 2. The van der Waals surface area contributed by atoms with Gasteiger partial charge in [0, 0.05) is 25.7 Å². The molecule has 2 fully saturated rings. The van der Waals surface area contributed by atoms with Crippen molar-refractivity contribution in [1.82, 2.24) is 9.80 Å². The number of rotatable bonds is 3. The molecule has 1 amide bonds. The number of benzene rings is 1. The van der Waals surface area contributed by atoms with Crippen LogP contribution in [0.25, 0.3) is 0 Å². The molecule has 0 aliphatic carbocycles. The standard InChI is InChI=1S/C18H23FN2O4/c19-14-4-1-5-15(22)16(14)17(23)20-9-6-13(7-10-20)21-8-2-3-12(11-21)18(24)25/h1,4-5,12-13,22H,2-3,6-11H2,(H,24,25)/t12-/m0/s1. The van der Waals surface area contributed by atoms with Crippen LogP contribution in [0.3, 0.4) is 0 Å². The van der Waals surface area contributed by atoms with E-state index in [9.17, 15) is 24.2 Å². The first kappa shape index (κ1) is 17.7. The van der Waals surface area contributed by atoms with E-state index in [-0.39, 0.29) is 23.3 Å². The molecular formula is C18H23FN2O4. The third-order valence-electron chi connectivity index (χ3n) is 5.28. The lowest BCUT2D eigenvalue weighted by Gasteiger charge is -2.41. The minimum atomic E-state index is -0.743. The van der Waals surface area contributed by atoms with Gasteiger partial charge in [0.25, 0.3) is 5.91 Å². The van der Waals surface area contributed by atoms with E-state index < -0.39 is 17.7 Å².